The van der Waals surface area contributed by atoms with Crippen LogP contribution in [0, 0.1) is 6.92 Å². The van der Waals surface area contributed by atoms with Crippen molar-refractivity contribution in [2.24, 2.45) is 4.99 Å². The molecule has 0 radical (unpaired) electrons. The lowest BCUT2D eigenvalue weighted by Gasteiger charge is -2.11. The Bertz CT molecular complexity index is 531. The molecule has 1 heterocycles. The lowest BCUT2D eigenvalue weighted by molar-refractivity contribution is 0.789. The smallest absolute Gasteiger partial charge is 0.191 e. The van der Waals surface area contributed by atoms with Gasteiger partial charge < -0.3 is 10.6 Å². The zero-order valence-corrected chi connectivity index (χ0v) is 11.3. The summed E-state index contributed by atoms with van der Waals surface area (Å²) in [6.45, 7) is 3.52. The Morgan fingerprint density at radius 3 is 2.79 bits per heavy atom. The van der Waals surface area contributed by atoms with Gasteiger partial charge in [0.25, 0.3) is 0 Å². The van der Waals surface area contributed by atoms with E-state index < -0.39 is 0 Å². The topological polar surface area (TPSA) is 65.1 Å². The first-order valence-electron chi connectivity index (χ1n) is 6.26. The first-order valence-corrected chi connectivity index (χ1v) is 6.26. The van der Waals surface area contributed by atoms with Crippen LogP contribution in [0.25, 0.3) is 0 Å². The second kappa shape index (κ2) is 6.58. The van der Waals surface area contributed by atoms with Gasteiger partial charge in [-0.05, 0) is 18.6 Å². The second-order valence-corrected chi connectivity index (χ2v) is 4.35. The monoisotopic (exact) mass is 257 g/mol. The molecule has 2 rings (SSSR count). The van der Waals surface area contributed by atoms with Crippen molar-refractivity contribution in [3.63, 3.8) is 0 Å². The van der Waals surface area contributed by atoms with Crippen molar-refractivity contribution >= 4 is 5.96 Å². The molecule has 3 N–H and O–H groups in total. The zero-order valence-electron chi connectivity index (χ0n) is 11.3. The fourth-order valence-corrected chi connectivity index (χ4v) is 1.79. The number of hydrogen-bond donors (Lipinski definition) is 3. The van der Waals surface area contributed by atoms with Gasteiger partial charge >= 0.3 is 0 Å². The normalized spacial score (nSPS) is 11.4. The molecule has 0 amide bonds. The van der Waals surface area contributed by atoms with Gasteiger partial charge in [0.05, 0.1) is 12.2 Å². The largest absolute Gasteiger partial charge is 0.352 e. The molecule has 5 nitrogen and oxygen atoms in total. The van der Waals surface area contributed by atoms with Crippen LogP contribution in [0.1, 0.15) is 16.8 Å². The third-order valence-corrected chi connectivity index (χ3v) is 2.77. The maximum absolute atomic E-state index is 4.19. The summed E-state index contributed by atoms with van der Waals surface area (Å²) in [5.41, 5.74) is 3.53. The Morgan fingerprint density at radius 2 is 2.11 bits per heavy atom. The standard InChI is InChI=1S/C14H19N5/c1-11-4-3-5-12(8-11)9-16-14(15-2)17-10-13-6-7-18-19-13/h3-8H,9-10H2,1-2H3,(H,18,19)(H2,15,16,17). The number of benzene rings is 1. The molecule has 0 aliphatic carbocycles. The first-order chi connectivity index (χ1) is 9.28. The number of aromatic nitrogens is 2. The molecule has 0 spiro atoms. The number of aromatic amines is 1. The van der Waals surface area contributed by atoms with E-state index in [9.17, 15) is 0 Å². The summed E-state index contributed by atoms with van der Waals surface area (Å²) < 4.78 is 0. The number of rotatable bonds is 4. The van der Waals surface area contributed by atoms with Gasteiger partial charge in [0, 0.05) is 19.8 Å². The summed E-state index contributed by atoms with van der Waals surface area (Å²) in [5, 5.41) is 13.3. The van der Waals surface area contributed by atoms with Crippen molar-refractivity contribution in [3.8, 4) is 0 Å². The number of nitrogens with one attached hydrogen (secondary N) is 3. The number of H-pyrrole nitrogens is 1. The summed E-state index contributed by atoms with van der Waals surface area (Å²) in [6.07, 6.45) is 1.74. The maximum Gasteiger partial charge on any atom is 0.191 e. The Kier molecular flexibility index (Phi) is 4.55. The van der Waals surface area contributed by atoms with Gasteiger partial charge in [0.1, 0.15) is 0 Å². The van der Waals surface area contributed by atoms with Crippen molar-refractivity contribution in [2.75, 3.05) is 7.05 Å². The van der Waals surface area contributed by atoms with E-state index >= 15 is 0 Å². The summed E-state index contributed by atoms with van der Waals surface area (Å²) in [4.78, 5) is 4.19. The average molecular weight is 257 g/mol. The molecule has 0 atom stereocenters. The van der Waals surface area contributed by atoms with Crippen LogP contribution in [-0.2, 0) is 13.1 Å². The molecule has 0 bridgehead atoms. The number of aliphatic imine (C=N–C) groups is 1. The maximum atomic E-state index is 4.19. The molecule has 0 aliphatic heterocycles. The fourth-order valence-electron chi connectivity index (χ4n) is 1.79. The minimum Gasteiger partial charge on any atom is -0.352 e. The van der Waals surface area contributed by atoms with E-state index in [0.717, 1.165) is 18.2 Å². The van der Waals surface area contributed by atoms with Crippen LogP contribution in [0.15, 0.2) is 41.5 Å². The van der Waals surface area contributed by atoms with E-state index in [1.807, 2.05) is 6.07 Å². The first kappa shape index (κ1) is 13.1. The lowest BCUT2D eigenvalue weighted by Crippen LogP contribution is -2.36. The van der Waals surface area contributed by atoms with E-state index in [1.165, 1.54) is 11.1 Å². The van der Waals surface area contributed by atoms with Gasteiger partial charge in [-0.25, -0.2) is 0 Å². The molecule has 2 aromatic rings. The number of aryl methyl sites for hydroxylation is 1. The zero-order chi connectivity index (χ0) is 13.5. The van der Waals surface area contributed by atoms with Crippen molar-refractivity contribution in [1.82, 2.24) is 20.8 Å². The molecular weight excluding hydrogens is 238 g/mol. The molecular formula is C14H19N5. The highest BCUT2D eigenvalue weighted by Gasteiger charge is 1.99. The van der Waals surface area contributed by atoms with Crippen molar-refractivity contribution < 1.29 is 0 Å². The summed E-state index contributed by atoms with van der Waals surface area (Å²) >= 11 is 0. The molecule has 19 heavy (non-hydrogen) atoms. The van der Waals surface area contributed by atoms with Crippen LogP contribution >= 0.6 is 0 Å². The Morgan fingerprint density at radius 1 is 1.26 bits per heavy atom. The predicted molar refractivity (Wildman–Crippen MR) is 76.8 cm³/mol. The summed E-state index contributed by atoms with van der Waals surface area (Å²) in [5.74, 6) is 0.774. The molecule has 0 unspecified atom stereocenters. The van der Waals surface area contributed by atoms with Crippen LogP contribution < -0.4 is 10.6 Å². The van der Waals surface area contributed by atoms with E-state index in [0.29, 0.717) is 6.54 Å². The summed E-state index contributed by atoms with van der Waals surface area (Å²) in [7, 11) is 1.76. The molecule has 1 aromatic heterocycles. The molecule has 100 valence electrons. The van der Waals surface area contributed by atoms with Gasteiger partial charge in [-0.1, -0.05) is 29.8 Å². The summed E-state index contributed by atoms with van der Waals surface area (Å²) in [6, 6.07) is 10.3. The van der Waals surface area contributed by atoms with Crippen molar-refractivity contribution in [1.29, 1.82) is 0 Å². The molecule has 5 heteroatoms. The second-order valence-electron chi connectivity index (χ2n) is 4.35. The Hall–Kier alpha value is -2.30. The average Bonchev–Trinajstić information content (AvgIpc) is 2.92. The van der Waals surface area contributed by atoms with Gasteiger partial charge in [0.2, 0.25) is 0 Å². The van der Waals surface area contributed by atoms with Gasteiger partial charge in [-0.2, -0.15) is 5.10 Å². The quantitative estimate of drug-likeness (QED) is 0.575. The van der Waals surface area contributed by atoms with E-state index in [1.54, 1.807) is 13.2 Å². The fraction of sp³-hybridized carbons (Fsp3) is 0.286. The third kappa shape index (κ3) is 4.13. The van der Waals surface area contributed by atoms with Crippen LogP contribution in [-0.4, -0.2) is 23.2 Å². The van der Waals surface area contributed by atoms with Gasteiger partial charge in [-0.3, -0.25) is 10.1 Å². The molecule has 0 fully saturated rings. The van der Waals surface area contributed by atoms with Gasteiger partial charge in [0.15, 0.2) is 5.96 Å². The number of nitrogens with zero attached hydrogens (tertiary/aromatic N) is 2. The van der Waals surface area contributed by atoms with Crippen molar-refractivity contribution in [3.05, 3.63) is 53.3 Å². The molecule has 0 saturated heterocycles. The van der Waals surface area contributed by atoms with Crippen molar-refractivity contribution in [2.45, 2.75) is 20.0 Å². The molecule has 1 aromatic carbocycles. The highest BCUT2D eigenvalue weighted by Crippen LogP contribution is 2.03. The van der Waals surface area contributed by atoms with Crippen LogP contribution in [0.5, 0.6) is 0 Å². The minimum atomic E-state index is 0.674. The Labute approximate surface area is 113 Å². The number of hydrogen-bond acceptors (Lipinski definition) is 2. The lowest BCUT2D eigenvalue weighted by atomic mass is 10.1. The molecule has 0 saturated carbocycles. The van der Waals surface area contributed by atoms with E-state index in [4.69, 9.17) is 0 Å². The minimum absolute atomic E-state index is 0.674. The number of guanidine groups is 1. The van der Waals surface area contributed by atoms with E-state index in [2.05, 4.69) is 57.0 Å². The van der Waals surface area contributed by atoms with Gasteiger partial charge in [-0.15, -0.1) is 0 Å². The van der Waals surface area contributed by atoms with E-state index in [-0.39, 0.29) is 0 Å². The van der Waals surface area contributed by atoms with Crippen LogP contribution in [0.4, 0.5) is 0 Å². The predicted octanol–water partition coefficient (Wildman–Crippen LogP) is 1.58. The SMILES string of the molecule is CN=C(NCc1cccc(C)c1)NCc1ccn[nH]1. The molecule has 0 aliphatic rings. The highest BCUT2D eigenvalue weighted by molar-refractivity contribution is 5.79. The van der Waals surface area contributed by atoms with Crippen LogP contribution in [0.3, 0.4) is 0 Å². The highest BCUT2D eigenvalue weighted by atomic mass is 15.2. The van der Waals surface area contributed by atoms with Crippen LogP contribution in [0.2, 0.25) is 0 Å². The third-order valence-electron chi connectivity index (χ3n) is 2.77. The Balaban J connectivity index is 1.83.